The Hall–Kier alpha value is -2.39. The number of rotatable bonds is 6. The van der Waals surface area contributed by atoms with Crippen LogP contribution in [-0.4, -0.2) is 37.3 Å². The average Bonchev–Trinajstić information content (AvgIpc) is 3.34. The van der Waals surface area contributed by atoms with Crippen molar-refractivity contribution in [3.8, 4) is 0 Å². The lowest BCUT2D eigenvalue weighted by molar-refractivity contribution is -0.132. The third-order valence-electron chi connectivity index (χ3n) is 4.03. The molecule has 1 fully saturated rings. The van der Waals surface area contributed by atoms with Gasteiger partial charge in [0, 0.05) is 6.08 Å². The van der Waals surface area contributed by atoms with E-state index < -0.39 is 6.04 Å². The fourth-order valence-corrected chi connectivity index (χ4v) is 3.95. The Kier molecular flexibility index (Phi) is 5.58. The van der Waals surface area contributed by atoms with Crippen LogP contribution in [0, 0.1) is 0 Å². The number of aromatic amines is 1. The van der Waals surface area contributed by atoms with Crippen LogP contribution < -0.4 is 5.32 Å². The van der Waals surface area contributed by atoms with Crippen LogP contribution in [0.15, 0.2) is 33.9 Å². The minimum atomic E-state index is -0.710. The Morgan fingerprint density at radius 2 is 2.38 bits per heavy atom. The molecule has 1 unspecified atom stereocenters. The van der Waals surface area contributed by atoms with E-state index in [0.29, 0.717) is 21.5 Å². The van der Waals surface area contributed by atoms with Gasteiger partial charge in [0.1, 0.15) is 16.1 Å². The number of carbonyl (C=O) groups is 2. The Bertz CT molecular complexity index is 857. The number of nitrogens with zero attached hydrogens (tertiary/aromatic N) is 2. The summed E-state index contributed by atoms with van der Waals surface area (Å²) < 4.78 is 5.58. The first kappa shape index (κ1) is 18.4. The van der Waals surface area contributed by atoms with Gasteiger partial charge in [-0.3, -0.25) is 19.6 Å². The van der Waals surface area contributed by atoms with Gasteiger partial charge in [-0.2, -0.15) is 5.10 Å². The van der Waals surface area contributed by atoms with Crippen LogP contribution in [0.2, 0.25) is 0 Å². The third-order valence-corrected chi connectivity index (χ3v) is 5.37. The smallest absolute Gasteiger partial charge is 0.267 e. The first-order valence-electron chi connectivity index (χ1n) is 8.10. The fourth-order valence-electron chi connectivity index (χ4n) is 2.55. The van der Waals surface area contributed by atoms with E-state index in [2.05, 4.69) is 15.5 Å². The Morgan fingerprint density at radius 1 is 1.58 bits per heavy atom. The number of hydrogen-bond donors (Lipinski definition) is 2. The van der Waals surface area contributed by atoms with Crippen LogP contribution in [0.5, 0.6) is 0 Å². The van der Waals surface area contributed by atoms with Gasteiger partial charge in [0.05, 0.1) is 29.6 Å². The molecule has 2 aromatic heterocycles. The number of thiocarbonyl (C=S) groups is 1. The molecule has 0 saturated carbocycles. The lowest BCUT2D eigenvalue weighted by atomic mass is 10.2. The van der Waals surface area contributed by atoms with Crippen LogP contribution in [0.3, 0.4) is 0 Å². The van der Waals surface area contributed by atoms with Crippen molar-refractivity contribution in [2.45, 2.75) is 32.9 Å². The summed E-state index contributed by atoms with van der Waals surface area (Å²) in [6.07, 6.45) is 5.72. The molecule has 1 saturated heterocycles. The van der Waals surface area contributed by atoms with E-state index in [-0.39, 0.29) is 11.8 Å². The molecule has 26 heavy (non-hydrogen) atoms. The van der Waals surface area contributed by atoms with Crippen molar-refractivity contribution >= 4 is 46.2 Å². The van der Waals surface area contributed by atoms with Crippen molar-refractivity contribution in [2.24, 2.45) is 0 Å². The highest BCUT2D eigenvalue weighted by Gasteiger charge is 2.38. The van der Waals surface area contributed by atoms with Crippen molar-refractivity contribution in [1.29, 1.82) is 0 Å². The molecule has 3 heterocycles. The Morgan fingerprint density at radius 3 is 3.08 bits per heavy atom. The van der Waals surface area contributed by atoms with Crippen molar-refractivity contribution in [2.75, 3.05) is 0 Å². The fraction of sp³-hybridized carbons (Fsp3) is 0.294. The molecule has 1 aliphatic heterocycles. The van der Waals surface area contributed by atoms with Gasteiger partial charge < -0.3 is 9.73 Å². The summed E-state index contributed by atoms with van der Waals surface area (Å²) in [5, 5.41) is 9.68. The van der Waals surface area contributed by atoms with Gasteiger partial charge in [-0.15, -0.1) is 0 Å². The quantitative estimate of drug-likeness (QED) is 0.582. The number of hydrogen-bond acceptors (Lipinski definition) is 6. The van der Waals surface area contributed by atoms with E-state index in [9.17, 15) is 9.59 Å². The van der Waals surface area contributed by atoms with Gasteiger partial charge in [0.2, 0.25) is 5.91 Å². The topological polar surface area (TPSA) is 91.2 Å². The molecule has 0 aliphatic carbocycles. The molecule has 9 heteroatoms. The lowest BCUT2D eigenvalue weighted by Crippen LogP contribution is -2.46. The summed E-state index contributed by atoms with van der Waals surface area (Å²) >= 11 is 6.45. The molecule has 1 atom stereocenters. The van der Waals surface area contributed by atoms with E-state index in [4.69, 9.17) is 16.6 Å². The van der Waals surface area contributed by atoms with E-state index in [1.807, 2.05) is 6.92 Å². The maximum absolute atomic E-state index is 12.6. The maximum atomic E-state index is 12.6. The first-order chi connectivity index (χ1) is 12.5. The molecule has 0 spiro atoms. The molecule has 7 nitrogen and oxygen atoms in total. The molecule has 3 rings (SSSR count). The molecule has 0 bridgehead atoms. The lowest BCUT2D eigenvalue weighted by Gasteiger charge is -2.22. The van der Waals surface area contributed by atoms with Crippen LogP contribution >= 0.6 is 24.0 Å². The van der Waals surface area contributed by atoms with Gasteiger partial charge in [0.25, 0.3) is 5.91 Å². The highest BCUT2D eigenvalue weighted by atomic mass is 32.2. The SMILES string of the molecule is CCc1cn[nH]c1CNC(=O)C(C)N1C(=O)/C(=C/c2ccco2)SC1=S. The average molecular weight is 390 g/mol. The predicted molar refractivity (Wildman–Crippen MR) is 103 cm³/mol. The number of aryl methyl sites for hydroxylation is 1. The molecule has 0 aromatic carbocycles. The number of amides is 2. The second kappa shape index (κ2) is 7.88. The van der Waals surface area contributed by atoms with E-state index >= 15 is 0 Å². The highest BCUT2D eigenvalue weighted by Crippen LogP contribution is 2.34. The molecule has 0 radical (unpaired) electrons. The van der Waals surface area contributed by atoms with Gasteiger partial charge in [-0.1, -0.05) is 30.9 Å². The number of aromatic nitrogens is 2. The van der Waals surface area contributed by atoms with Crippen LogP contribution in [-0.2, 0) is 22.6 Å². The summed E-state index contributed by atoms with van der Waals surface area (Å²) in [5.41, 5.74) is 1.90. The number of furan rings is 1. The van der Waals surface area contributed by atoms with Crippen molar-refractivity contribution < 1.29 is 14.0 Å². The van der Waals surface area contributed by atoms with Crippen molar-refractivity contribution in [3.05, 3.63) is 46.5 Å². The molecular formula is C17H18N4O3S2. The number of nitrogens with one attached hydrogen (secondary N) is 2. The van der Waals surface area contributed by atoms with Gasteiger partial charge >= 0.3 is 0 Å². The monoisotopic (exact) mass is 390 g/mol. The molecule has 2 N–H and O–H groups in total. The van der Waals surface area contributed by atoms with Gasteiger partial charge in [-0.25, -0.2) is 0 Å². The normalized spacial score (nSPS) is 17.2. The number of carbonyl (C=O) groups excluding carboxylic acids is 2. The van der Waals surface area contributed by atoms with Crippen LogP contribution in [0.25, 0.3) is 6.08 Å². The van der Waals surface area contributed by atoms with Crippen LogP contribution in [0.4, 0.5) is 0 Å². The third kappa shape index (κ3) is 3.73. The zero-order chi connectivity index (χ0) is 18.7. The summed E-state index contributed by atoms with van der Waals surface area (Å²) in [7, 11) is 0. The highest BCUT2D eigenvalue weighted by molar-refractivity contribution is 8.26. The second-order valence-electron chi connectivity index (χ2n) is 5.69. The largest absolute Gasteiger partial charge is 0.465 e. The number of H-pyrrole nitrogens is 1. The summed E-state index contributed by atoms with van der Waals surface area (Å²) in [6, 6.07) is 2.78. The zero-order valence-corrected chi connectivity index (χ0v) is 15.9. The molecular weight excluding hydrogens is 372 g/mol. The van der Waals surface area contributed by atoms with Gasteiger partial charge in [0.15, 0.2) is 0 Å². The van der Waals surface area contributed by atoms with E-state index in [0.717, 1.165) is 29.4 Å². The maximum Gasteiger partial charge on any atom is 0.267 e. The minimum absolute atomic E-state index is 0.280. The summed E-state index contributed by atoms with van der Waals surface area (Å²) in [4.78, 5) is 26.9. The second-order valence-corrected chi connectivity index (χ2v) is 7.36. The molecule has 2 aromatic rings. The number of thioether (sulfide) groups is 1. The first-order valence-corrected chi connectivity index (χ1v) is 9.33. The standard InChI is InChI=1S/C17H18N4O3S2/c1-3-11-8-19-20-13(11)9-18-15(22)10(2)21-16(23)14(26-17(21)25)7-12-5-4-6-24-12/h4-8,10H,3,9H2,1-2H3,(H,18,22)(H,19,20)/b14-7-. The Balaban J connectivity index is 1.66. The summed E-state index contributed by atoms with van der Waals surface area (Å²) in [6.45, 7) is 4.00. The van der Waals surface area contributed by atoms with Gasteiger partial charge in [-0.05, 0) is 31.0 Å². The molecule has 136 valence electrons. The van der Waals surface area contributed by atoms with E-state index in [1.165, 1.54) is 11.2 Å². The molecule has 2 amide bonds. The summed E-state index contributed by atoms with van der Waals surface area (Å²) in [5.74, 6) is -0.0130. The van der Waals surface area contributed by atoms with E-state index in [1.54, 1.807) is 31.3 Å². The van der Waals surface area contributed by atoms with Crippen LogP contribution in [0.1, 0.15) is 30.9 Å². The Labute approximate surface area is 160 Å². The van der Waals surface area contributed by atoms with Crippen molar-refractivity contribution in [3.63, 3.8) is 0 Å². The molecule has 1 aliphatic rings. The minimum Gasteiger partial charge on any atom is -0.465 e. The predicted octanol–water partition coefficient (Wildman–Crippen LogP) is 2.47. The zero-order valence-electron chi connectivity index (χ0n) is 14.3. The van der Waals surface area contributed by atoms with Crippen molar-refractivity contribution in [1.82, 2.24) is 20.4 Å².